The smallest absolute Gasteiger partial charge is 0.310 e. The molecule has 4 heteroatoms. The minimum atomic E-state index is -0.802. The van der Waals surface area contributed by atoms with Crippen LogP contribution in [-0.2, 0) is 4.79 Å². The lowest BCUT2D eigenvalue weighted by molar-refractivity contribution is -0.138. The molecule has 0 spiro atoms. The zero-order chi connectivity index (χ0) is 14.4. The molecule has 1 atom stereocenters. The lowest BCUT2D eigenvalue weighted by Gasteiger charge is -2.26. The van der Waals surface area contributed by atoms with Crippen molar-refractivity contribution in [1.82, 2.24) is 4.90 Å². The monoisotopic (exact) mass is 277 g/mol. The number of hydrogen-bond donors (Lipinski definition) is 1. The fourth-order valence-corrected chi connectivity index (χ4v) is 2.47. The first-order chi connectivity index (χ1) is 9.66. The molecule has 20 heavy (non-hydrogen) atoms. The van der Waals surface area contributed by atoms with Gasteiger partial charge in [-0.05, 0) is 50.6 Å². The summed E-state index contributed by atoms with van der Waals surface area (Å²) >= 11 is 0. The van der Waals surface area contributed by atoms with E-state index in [1.54, 1.807) is 6.92 Å². The number of carboxylic acid groups (broad SMARTS) is 1. The fourth-order valence-electron chi connectivity index (χ4n) is 2.47. The highest BCUT2D eigenvalue weighted by Gasteiger charge is 2.13. The van der Waals surface area contributed by atoms with E-state index in [2.05, 4.69) is 4.90 Å². The number of hydrogen-bond acceptors (Lipinski definition) is 3. The Morgan fingerprint density at radius 1 is 1.25 bits per heavy atom. The van der Waals surface area contributed by atoms with Gasteiger partial charge in [0.05, 0.1) is 5.92 Å². The van der Waals surface area contributed by atoms with Gasteiger partial charge < -0.3 is 9.84 Å². The number of carboxylic acids is 1. The molecule has 1 aromatic carbocycles. The number of carbonyl (C=O) groups is 1. The summed E-state index contributed by atoms with van der Waals surface area (Å²) in [4.78, 5) is 13.3. The maximum absolute atomic E-state index is 10.9. The molecule has 2 rings (SSSR count). The van der Waals surface area contributed by atoms with Crippen molar-refractivity contribution in [2.24, 2.45) is 0 Å². The molecular formula is C16H23NO3. The third-order valence-electron chi connectivity index (χ3n) is 3.88. The maximum Gasteiger partial charge on any atom is 0.310 e. The number of benzene rings is 1. The number of aliphatic carboxylic acids is 1. The molecule has 4 nitrogen and oxygen atoms in total. The van der Waals surface area contributed by atoms with Crippen molar-refractivity contribution in [3.05, 3.63) is 29.8 Å². The van der Waals surface area contributed by atoms with Crippen molar-refractivity contribution in [3.63, 3.8) is 0 Å². The Morgan fingerprint density at radius 2 is 1.90 bits per heavy atom. The molecule has 0 saturated carbocycles. The molecule has 0 amide bonds. The van der Waals surface area contributed by atoms with Crippen LogP contribution in [0.3, 0.4) is 0 Å². The summed E-state index contributed by atoms with van der Waals surface area (Å²) in [6.45, 7) is 5.70. The normalized spacial score (nSPS) is 17.6. The second kappa shape index (κ2) is 7.29. The topological polar surface area (TPSA) is 49.8 Å². The third kappa shape index (κ3) is 4.23. The van der Waals surface area contributed by atoms with Gasteiger partial charge in [0, 0.05) is 6.54 Å². The molecule has 1 fully saturated rings. The average Bonchev–Trinajstić information content (AvgIpc) is 2.48. The second-order valence-corrected chi connectivity index (χ2v) is 5.38. The fraction of sp³-hybridized carbons (Fsp3) is 0.562. The van der Waals surface area contributed by atoms with E-state index < -0.39 is 11.9 Å². The Kier molecular flexibility index (Phi) is 5.41. The second-order valence-electron chi connectivity index (χ2n) is 5.38. The molecular weight excluding hydrogens is 254 g/mol. The van der Waals surface area contributed by atoms with Crippen LogP contribution < -0.4 is 4.74 Å². The van der Waals surface area contributed by atoms with Gasteiger partial charge in [0.25, 0.3) is 0 Å². The van der Waals surface area contributed by atoms with Gasteiger partial charge in [0.2, 0.25) is 0 Å². The SMILES string of the molecule is CC(C(=O)O)c1ccc(OCCN2CCCCC2)cc1. The minimum Gasteiger partial charge on any atom is -0.492 e. The third-order valence-corrected chi connectivity index (χ3v) is 3.88. The minimum absolute atomic E-state index is 0.475. The summed E-state index contributed by atoms with van der Waals surface area (Å²) in [5.74, 6) is -0.468. The van der Waals surface area contributed by atoms with Gasteiger partial charge in [-0.3, -0.25) is 9.69 Å². The van der Waals surface area contributed by atoms with Gasteiger partial charge in [0.15, 0.2) is 0 Å². The lowest BCUT2D eigenvalue weighted by atomic mass is 10.0. The zero-order valence-corrected chi connectivity index (χ0v) is 12.0. The van der Waals surface area contributed by atoms with Gasteiger partial charge in [0.1, 0.15) is 12.4 Å². The highest BCUT2D eigenvalue weighted by Crippen LogP contribution is 2.19. The van der Waals surface area contributed by atoms with Gasteiger partial charge in [-0.15, -0.1) is 0 Å². The number of likely N-dealkylation sites (tertiary alicyclic amines) is 1. The van der Waals surface area contributed by atoms with E-state index in [1.807, 2.05) is 24.3 Å². The maximum atomic E-state index is 10.9. The summed E-state index contributed by atoms with van der Waals surface area (Å²) in [7, 11) is 0. The van der Waals surface area contributed by atoms with E-state index >= 15 is 0 Å². The van der Waals surface area contributed by atoms with Crippen molar-refractivity contribution in [3.8, 4) is 5.75 Å². The lowest BCUT2D eigenvalue weighted by Crippen LogP contribution is -2.33. The van der Waals surface area contributed by atoms with Crippen LogP contribution in [0.2, 0.25) is 0 Å². The number of rotatable bonds is 6. The molecule has 0 aliphatic carbocycles. The van der Waals surface area contributed by atoms with Gasteiger partial charge >= 0.3 is 5.97 Å². The van der Waals surface area contributed by atoms with Crippen molar-refractivity contribution in [2.45, 2.75) is 32.1 Å². The Balaban J connectivity index is 1.77. The summed E-state index contributed by atoms with van der Waals surface area (Å²) in [5.41, 5.74) is 0.806. The largest absolute Gasteiger partial charge is 0.492 e. The summed E-state index contributed by atoms with van der Waals surface area (Å²) in [6.07, 6.45) is 3.93. The number of nitrogens with zero attached hydrogens (tertiary/aromatic N) is 1. The number of piperidine rings is 1. The summed E-state index contributed by atoms with van der Waals surface area (Å²) in [5, 5.41) is 8.95. The first kappa shape index (κ1) is 14.9. The van der Waals surface area contributed by atoms with Gasteiger partial charge in [-0.25, -0.2) is 0 Å². The predicted octanol–water partition coefficient (Wildman–Crippen LogP) is 2.74. The number of ether oxygens (including phenoxy) is 1. The molecule has 1 aliphatic rings. The van der Waals surface area contributed by atoms with Crippen molar-refractivity contribution < 1.29 is 14.6 Å². The molecule has 1 heterocycles. The first-order valence-electron chi connectivity index (χ1n) is 7.35. The van der Waals surface area contributed by atoms with Crippen LogP contribution in [0, 0.1) is 0 Å². The Morgan fingerprint density at radius 3 is 2.50 bits per heavy atom. The highest BCUT2D eigenvalue weighted by molar-refractivity contribution is 5.75. The van der Waals surface area contributed by atoms with Gasteiger partial charge in [-0.1, -0.05) is 18.6 Å². The average molecular weight is 277 g/mol. The van der Waals surface area contributed by atoms with Crippen LogP contribution in [0.5, 0.6) is 5.75 Å². The molecule has 1 N–H and O–H groups in total. The quantitative estimate of drug-likeness (QED) is 0.868. The van der Waals surface area contributed by atoms with Crippen LogP contribution in [0.1, 0.15) is 37.7 Å². The van der Waals surface area contributed by atoms with Gasteiger partial charge in [-0.2, -0.15) is 0 Å². The molecule has 1 saturated heterocycles. The van der Waals surface area contributed by atoms with Crippen molar-refractivity contribution >= 4 is 5.97 Å². The van der Waals surface area contributed by atoms with Crippen LogP contribution in [0.4, 0.5) is 0 Å². The van der Waals surface area contributed by atoms with Crippen LogP contribution in [0.25, 0.3) is 0 Å². The zero-order valence-electron chi connectivity index (χ0n) is 12.0. The van der Waals surface area contributed by atoms with Crippen molar-refractivity contribution in [1.29, 1.82) is 0 Å². The molecule has 110 valence electrons. The molecule has 0 radical (unpaired) electrons. The van der Waals surface area contributed by atoms with Crippen LogP contribution in [-0.4, -0.2) is 42.2 Å². The molecule has 1 aliphatic heterocycles. The van der Waals surface area contributed by atoms with E-state index in [4.69, 9.17) is 9.84 Å². The van der Waals surface area contributed by atoms with Crippen molar-refractivity contribution in [2.75, 3.05) is 26.2 Å². The van der Waals surface area contributed by atoms with E-state index in [1.165, 1.54) is 32.4 Å². The van der Waals surface area contributed by atoms with E-state index in [-0.39, 0.29) is 0 Å². The van der Waals surface area contributed by atoms with Crippen LogP contribution >= 0.6 is 0 Å². The Labute approximate surface area is 120 Å². The Hall–Kier alpha value is -1.55. The predicted molar refractivity (Wildman–Crippen MR) is 78.3 cm³/mol. The standard InChI is InChI=1S/C16H23NO3/c1-13(16(18)19)14-5-7-15(8-6-14)20-12-11-17-9-3-2-4-10-17/h5-8,13H,2-4,9-12H2,1H3,(H,18,19). The highest BCUT2D eigenvalue weighted by atomic mass is 16.5. The summed E-state index contributed by atoms with van der Waals surface area (Å²) in [6, 6.07) is 7.36. The first-order valence-corrected chi connectivity index (χ1v) is 7.35. The molecule has 1 aromatic rings. The van der Waals surface area contributed by atoms with E-state index in [9.17, 15) is 4.79 Å². The molecule has 0 bridgehead atoms. The summed E-state index contributed by atoms with van der Waals surface area (Å²) < 4.78 is 5.71. The Bertz CT molecular complexity index is 424. The van der Waals surface area contributed by atoms with E-state index in [0.717, 1.165) is 17.9 Å². The van der Waals surface area contributed by atoms with Crippen LogP contribution in [0.15, 0.2) is 24.3 Å². The van der Waals surface area contributed by atoms with E-state index in [0.29, 0.717) is 6.61 Å². The molecule has 0 aromatic heterocycles. The molecule has 1 unspecified atom stereocenters.